The summed E-state index contributed by atoms with van der Waals surface area (Å²) in [4.78, 5) is 12.7. The molecule has 0 aliphatic heterocycles. The Morgan fingerprint density at radius 1 is 0.649 bits per heavy atom. The van der Waals surface area contributed by atoms with Gasteiger partial charge in [0, 0.05) is 5.92 Å². The molecular weight excluding hydrogens is 456 g/mol. The number of rotatable bonds is 14. The third-order valence-electron chi connectivity index (χ3n) is 6.61. The lowest BCUT2D eigenvalue weighted by atomic mass is 9.96. The van der Waals surface area contributed by atoms with Gasteiger partial charge in [0.2, 0.25) is 0 Å². The molecule has 191 valence electrons. The molecule has 3 heteroatoms. The van der Waals surface area contributed by atoms with Crippen molar-refractivity contribution in [2.45, 2.75) is 58.3 Å². The number of benzene rings is 3. The number of esters is 1. The fourth-order valence-electron chi connectivity index (χ4n) is 4.44. The quantitative estimate of drug-likeness (QED) is 0.128. The van der Waals surface area contributed by atoms with Crippen LogP contribution >= 0.6 is 0 Å². The van der Waals surface area contributed by atoms with Crippen molar-refractivity contribution in [3.63, 3.8) is 0 Å². The van der Waals surface area contributed by atoms with Crippen molar-refractivity contribution in [1.82, 2.24) is 0 Å². The van der Waals surface area contributed by atoms with Crippen LogP contribution in [0, 0.1) is 31.6 Å². The first-order valence-corrected chi connectivity index (χ1v) is 13.6. The summed E-state index contributed by atoms with van der Waals surface area (Å²) in [5, 5.41) is 0. The van der Waals surface area contributed by atoms with Gasteiger partial charge in [-0.1, -0.05) is 88.3 Å². The van der Waals surface area contributed by atoms with E-state index in [1.54, 1.807) is 6.07 Å². The van der Waals surface area contributed by atoms with Crippen LogP contribution in [0.4, 0.5) is 0 Å². The highest BCUT2D eigenvalue weighted by Gasteiger charge is 2.20. The lowest BCUT2D eigenvalue weighted by Gasteiger charge is -2.11. The van der Waals surface area contributed by atoms with Crippen LogP contribution in [-0.4, -0.2) is 12.6 Å². The van der Waals surface area contributed by atoms with Crippen LogP contribution in [0.2, 0.25) is 0 Å². The number of carbonyl (C=O) groups is 1. The summed E-state index contributed by atoms with van der Waals surface area (Å²) >= 11 is 0. The maximum Gasteiger partial charge on any atom is 0.343 e. The number of ether oxygens (including phenoxy) is 2. The van der Waals surface area contributed by atoms with Crippen molar-refractivity contribution in [3.8, 4) is 22.6 Å². The summed E-state index contributed by atoms with van der Waals surface area (Å²) < 4.78 is 11.5. The van der Waals surface area contributed by atoms with Gasteiger partial charge in [0.25, 0.3) is 0 Å². The summed E-state index contributed by atoms with van der Waals surface area (Å²) in [5.74, 6) is 2.15. The second kappa shape index (κ2) is 14.6. The molecule has 37 heavy (non-hydrogen) atoms. The van der Waals surface area contributed by atoms with E-state index in [1.807, 2.05) is 80.3 Å². The minimum atomic E-state index is -0.362. The topological polar surface area (TPSA) is 35.5 Å². The highest BCUT2D eigenvalue weighted by molar-refractivity contribution is 5.91. The molecule has 0 bridgehead atoms. The normalized spacial score (nSPS) is 13.5. The van der Waals surface area contributed by atoms with Gasteiger partial charge in [-0.05, 0) is 85.2 Å². The molecular formula is C34H37O3. The number of unbranched alkanes of at least 4 members (excludes halogenated alkanes) is 7. The largest absolute Gasteiger partial charge is 0.494 e. The smallest absolute Gasteiger partial charge is 0.343 e. The molecule has 3 aromatic rings. The van der Waals surface area contributed by atoms with E-state index in [1.165, 1.54) is 44.9 Å². The van der Waals surface area contributed by atoms with E-state index in [2.05, 4.69) is 19.1 Å². The molecule has 4 rings (SSSR count). The molecule has 1 fully saturated rings. The minimum absolute atomic E-state index is 0.362. The first-order valence-electron chi connectivity index (χ1n) is 13.6. The molecule has 1 saturated carbocycles. The van der Waals surface area contributed by atoms with Crippen LogP contribution in [0.3, 0.4) is 0 Å². The third-order valence-corrected chi connectivity index (χ3v) is 6.61. The monoisotopic (exact) mass is 493 g/mol. The first kappa shape index (κ1) is 27.0. The molecule has 0 spiro atoms. The Labute approximate surface area is 223 Å². The molecule has 5 radical (unpaired) electrons. The Hall–Kier alpha value is -3.07. The van der Waals surface area contributed by atoms with E-state index in [0.717, 1.165) is 41.4 Å². The predicted octanol–water partition coefficient (Wildman–Crippen LogP) is 8.85. The summed E-state index contributed by atoms with van der Waals surface area (Å²) in [7, 11) is 0. The molecule has 0 aromatic heterocycles. The molecule has 0 N–H and O–H groups in total. The fraction of sp³-hybridized carbons (Fsp3) is 0.294. The number of carbonyl (C=O) groups excluding carboxylic acids is 1. The van der Waals surface area contributed by atoms with E-state index in [9.17, 15) is 4.79 Å². The van der Waals surface area contributed by atoms with Crippen molar-refractivity contribution < 1.29 is 14.3 Å². The lowest BCUT2D eigenvalue weighted by Crippen LogP contribution is -2.09. The zero-order chi connectivity index (χ0) is 25.7. The standard InChI is InChI=1S/C34H37O3/c1-2-3-4-5-6-7-8-11-25-36-32-21-17-28(18-22-32)29-19-23-33(24-20-29)37-34(35)31-16-12-15-30(26-31)27-13-9-10-14-27/h9-10,12-24,26H,2-8,11,25H2,1H3. The molecule has 0 atom stereocenters. The van der Waals surface area contributed by atoms with Gasteiger partial charge in [0.05, 0.1) is 12.2 Å². The Bertz CT molecular complexity index is 1080. The van der Waals surface area contributed by atoms with Gasteiger partial charge < -0.3 is 9.47 Å². The first-order chi connectivity index (χ1) is 18.2. The van der Waals surface area contributed by atoms with Crippen LogP contribution in [0.5, 0.6) is 11.5 Å². The lowest BCUT2D eigenvalue weighted by molar-refractivity contribution is 0.0734. The Morgan fingerprint density at radius 3 is 1.89 bits per heavy atom. The SMILES string of the molecule is CCCCCCCCCCOc1ccc(-c2ccc(OC(=O)c3cccc([C]4[CH][CH][CH][CH]4)c3)cc2)cc1. The van der Waals surface area contributed by atoms with E-state index in [-0.39, 0.29) is 5.97 Å². The van der Waals surface area contributed by atoms with Crippen molar-refractivity contribution in [3.05, 3.63) is 116 Å². The second-order valence-electron chi connectivity index (χ2n) is 9.52. The molecule has 1 aliphatic rings. The predicted molar refractivity (Wildman–Crippen MR) is 151 cm³/mol. The minimum Gasteiger partial charge on any atom is -0.494 e. The van der Waals surface area contributed by atoms with Gasteiger partial charge in [-0.15, -0.1) is 0 Å². The summed E-state index contributed by atoms with van der Waals surface area (Å²) in [6.45, 7) is 3.02. The van der Waals surface area contributed by atoms with Gasteiger partial charge in [-0.3, -0.25) is 0 Å². The van der Waals surface area contributed by atoms with Crippen LogP contribution < -0.4 is 9.47 Å². The van der Waals surface area contributed by atoms with E-state index >= 15 is 0 Å². The van der Waals surface area contributed by atoms with E-state index < -0.39 is 0 Å². The second-order valence-corrected chi connectivity index (χ2v) is 9.52. The van der Waals surface area contributed by atoms with Gasteiger partial charge in [0.15, 0.2) is 0 Å². The zero-order valence-electron chi connectivity index (χ0n) is 21.8. The van der Waals surface area contributed by atoms with E-state index in [0.29, 0.717) is 11.3 Å². The van der Waals surface area contributed by atoms with Crippen molar-refractivity contribution in [2.75, 3.05) is 6.61 Å². The van der Waals surface area contributed by atoms with Gasteiger partial charge in [-0.25, -0.2) is 4.79 Å². The summed E-state index contributed by atoms with van der Waals surface area (Å²) in [6.07, 6.45) is 18.4. The average Bonchev–Trinajstić information content (AvgIpc) is 3.48. The molecule has 3 nitrogen and oxygen atoms in total. The van der Waals surface area contributed by atoms with Crippen LogP contribution in [-0.2, 0) is 0 Å². The van der Waals surface area contributed by atoms with Crippen molar-refractivity contribution in [1.29, 1.82) is 0 Å². The van der Waals surface area contributed by atoms with Crippen molar-refractivity contribution in [2.24, 2.45) is 0 Å². The van der Waals surface area contributed by atoms with Gasteiger partial charge in [0.1, 0.15) is 11.5 Å². The molecule has 0 heterocycles. The fourth-order valence-corrected chi connectivity index (χ4v) is 4.44. The summed E-state index contributed by atoms with van der Waals surface area (Å²) in [6, 6.07) is 23.3. The maximum atomic E-state index is 12.7. The molecule has 0 amide bonds. The summed E-state index contributed by atoms with van der Waals surface area (Å²) in [5.41, 5.74) is 3.69. The molecule has 0 unspecified atom stereocenters. The van der Waals surface area contributed by atoms with Crippen LogP contribution in [0.25, 0.3) is 11.1 Å². The van der Waals surface area contributed by atoms with Crippen LogP contribution in [0.1, 0.15) is 74.2 Å². The Balaban J connectivity index is 1.21. The zero-order valence-corrected chi connectivity index (χ0v) is 21.8. The molecule has 3 aromatic carbocycles. The van der Waals surface area contributed by atoms with Crippen LogP contribution in [0.15, 0.2) is 72.8 Å². The number of hydrogen-bond acceptors (Lipinski definition) is 3. The van der Waals surface area contributed by atoms with Gasteiger partial charge >= 0.3 is 5.97 Å². The molecule has 1 aliphatic carbocycles. The maximum absolute atomic E-state index is 12.7. The molecule has 0 saturated heterocycles. The highest BCUT2D eigenvalue weighted by atomic mass is 16.5. The van der Waals surface area contributed by atoms with E-state index in [4.69, 9.17) is 9.47 Å². The average molecular weight is 494 g/mol. The highest BCUT2D eigenvalue weighted by Crippen LogP contribution is 2.31. The van der Waals surface area contributed by atoms with Crippen molar-refractivity contribution >= 4 is 5.97 Å². The Morgan fingerprint density at radius 2 is 1.24 bits per heavy atom. The Kier molecular flexibility index (Phi) is 10.7. The number of hydrogen-bond donors (Lipinski definition) is 0. The third kappa shape index (κ3) is 8.49. The van der Waals surface area contributed by atoms with Gasteiger partial charge in [-0.2, -0.15) is 0 Å².